The van der Waals surface area contributed by atoms with Crippen LogP contribution in [-0.2, 0) is 39.8 Å². The van der Waals surface area contributed by atoms with E-state index in [1.54, 1.807) is 0 Å². The topological polar surface area (TPSA) is 150 Å². The van der Waals surface area contributed by atoms with Crippen LogP contribution in [0.5, 0.6) is 0 Å². The van der Waals surface area contributed by atoms with Gasteiger partial charge in [0.05, 0.1) is 0 Å². The van der Waals surface area contributed by atoms with Gasteiger partial charge in [-0.2, -0.15) is 0 Å². The van der Waals surface area contributed by atoms with Crippen LogP contribution in [0.15, 0.2) is 21.9 Å². The molecule has 0 amide bonds. The molecular weight excluding hydrogens is 714 g/mol. The van der Waals surface area contributed by atoms with Crippen molar-refractivity contribution in [3.8, 4) is 0 Å². The minimum atomic E-state index is -1.08. The van der Waals surface area contributed by atoms with E-state index in [9.17, 15) is 19.2 Å². The molecule has 0 saturated carbocycles. The molecule has 2 N–H and O–H groups in total. The Morgan fingerprint density at radius 2 is 1.12 bits per heavy atom. The Balaban J connectivity index is 2.16. The Bertz CT molecular complexity index is 1300. The zero-order valence-electron chi connectivity index (χ0n) is 35.9. The normalized spacial score (nSPS) is 19.2. The third-order valence-corrected chi connectivity index (χ3v) is 11.0. The number of rotatable bonds is 34. The molecule has 0 radical (unpaired) electrons. The first-order chi connectivity index (χ1) is 27.2. The Morgan fingerprint density at radius 1 is 0.679 bits per heavy atom. The number of hydrogen-bond acceptors (Lipinski definition) is 10. The fourth-order valence-corrected chi connectivity index (χ4v) is 7.62. The van der Waals surface area contributed by atoms with Crippen LogP contribution in [0.3, 0.4) is 0 Å². The fraction of sp³-hybridized carbons (Fsp3) is 0.864. The van der Waals surface area contributed by atoms with E-state index >= 15 is 0 Å². The van der Waals surface area contributed by atoms with Crippen LogP contribution in [-0.4, -0.2) is 71.9 Å². The van der Waals surface area contributed by atoms with Gasteiger partial charge in [0.25, 0.3) is 5.56 Å². The van der Waals surface area contributed by atoms with Crippen LogP contribution >= 0.6 is 0 Å². The van der Waals surface area contributed by atoms with Crippen molar-refractivity contribution in [3.63, 3.8) is 0 Å². The van der Waals surface area contributed by atoms with Crippen molar-refractivity contribution in [2.75, 3.05) is 20.3 Å². The molecule has 1 fully saturated rings. The summed E-state index contributed by atoms with van der Waals surface area (Å²) in [6, 6.07) is 1.21. The number of unbranched alkanes of at least 4 members (excludes halogenated alkanes) is 16. The molecule has 0 aliphatic carbocycles. The molecule has 1 aromatic rings. The number of carbonyl (C=O) groups excluding carboxylic acids is 2. The standard InChI is InChI=1S/C44H79N3O9/c1-6-10-14-18-20-24-28-35(26-22-16-12-8-3)54-39(49)33-47-38(48)30-31-46(44(47)51)43-42(41(52-5)37(32-45)56-43)53-34-40(50)55-36(27-23-17-13-9-4)29-25-21-19-15-11-7-2/h30-31,35-37,41-43H,6-29,32-34,45H2,1-5H3/t35?,36?,37-,41-,42-,43-/m1/s1. The third-order valence-electron chi connectivity index (χ3n) is 11.0. The lowest BCUT2D eigenvalue weighted by Crippen LogP contribution is -2.45. The van der Waals surface area contributed by atoms with Crippen LogP contribution in [0, 0.1) is 0 Å². The number of nitrogens with zero attached hydrogens (tertiary/aromatic N) is 2. The first-order valence-electron chi connectivity index (χ1n) is 22.4. The quantitative estimate of drug-likeness (QED) is 0.0531. The second kappa shape index (κ2) is 30.5. The summed E-state index contributed by atoms with van der Waals surface area (Å²) in [6.07, 6.45) is 23.1. The molecule has 0 bridgehead atoms. The van der Waals surface area contributed by atoms with Gasteiger partial charge in [0.15, 0.2) is 6.23 Å². The van der Waals surface area contributed by atoms with Crippen LogP contribution in [0.1, 0.15) is 188 Å². The van der Waals surface area contributed by atoms with Crippen molar-refractivity contribution in [2.24, 2.45) is 5.73 Å². The first kappa shape index (κ1) is 49.6. The Hall–Kier alpha value is -2.54. The van der Waals surface area contributed by atoms with E-state index in [0.29, 0.717) is 0 Å². The molecule has 12 heteroatoms. The summed E-state index contributed by atoms with van der Waals surface area (Å²) in [7, 11) is 1.49. The Morgan fingerprint density at radius 3 is 1.59 bits per heavy atom. The number of aromatic nitrogens is 2. The predicted molar refractivity (Wildman–Crippen MR) is 222 cm³/mol. The number of ether oxygens (including phenoxy) is 5. The summed E-state index contributed by atoms with van der Waals surface area (Å²) in [6.45, 7) is 7.90. The third kappa shape index (κ3) is 18.8. The average Bonchev–Trinajstić information content (AvgIpc) is 3.55. The lowest BCUT2D eigenvalue weighted by molar-refractivity contribution is -0.162. The molecule has 6 atom stereocenters. The maximum atomic E-state index is 13.9. The van der Waals surface area contributed by atoms with Gasteiger partial charge in [0.2, 0.25) is 0 Å². The van der Waals surface area contributed by atoms with Crippen molar-refractivity contribution in [2.45, 2.75) is 225 Å². The molecule has 56 heavy (non-hydrogen) atoms. The number of nitrogens with two attached hydrogens (primary N) is 1. The van der Waals surface area contributed by atoms with Crippen molar-refractivity contribution in [3.05, 3.63) is 33.1 Å². The number of hydrogen-bond donors (Lipinski definition) is 1. The molecular formula is C44H79N3O9. The molecule has 2 unspecified atom stereocenters. The van der Waals surface area contributed by atoms with E-state index in [1.165, 1.54) is 68.9 Å². The summed E-state index contributed by atoms with van der Waals surface area (Å²) >= 11 is 0. The van der Waals surface area contributed by atoms with Gasteiger partial charge in [-0.25, -0.2) is 14.2 Å². The Kier molecular flexibility index (Phi) is 27.0. The highest BCUT2D eigenvalue weighted by molar-refractivity contribution is 5.71. The van der Waals surface area contributed by atoms with E-state index in [1.807, 2.05) is 0 Å². The summed E-state index contributed by atoms with van der Waals surface area (Å²) in [5.41, 5.74) is 4.65. The number of carbonyl (C=O) groups is 2. The van der Waals surface area contributed by atoms with Gasteiger partial charge in [0, 0.05) is 25.9 Å². The highest BCUT2D eigenvalue weighted by Crippen LogP contribution is 2.32. The minimum Gasteiger partial charge on any atom is -0.461 e. The highest BCUT2D eigenvalue weighted by atomic mass is 16.6. The second-order valence-electron chi connectivity index (χ2n) is 15.7. The fourth-order valence-electron chi connectivity index (χ4n) is 7.62. The van der Waals surface area contributed by atoms with Crippen molar-refractivity contribution in [1.82, 2.24) is 9.13 Å². The van der Waals surface area contributed by atoms with E-state index in [4.69, 9.17) is 29.4 Å². The van der Waals surface area contributed by atoms with Gasteiger partial charge in [-0.05, 0) is 51.4 Å². The largest absolute Gasteiger partial charge is 0.461 e. The zero-order chi connectivity index (χ0) is 41.0. The molecule has 0 spiro atoms. The molecule has 12 nitrogen and oxygen atoms in total. The predicted octanol–water partition coefficient (Wildman–Crippen LogP) is 8.53. The van der Waals surface area contributed by atoms with E-state index in [-0.39, 0.29) is 25.4 Å². The van der Waals surface area contributed by atoms with Gasteiger partial charge in [0.1, 0.15) is 43.7 Å². The SMILES string of the molecule is CCCCCCCCC(CCCCCC)OC(=O)CO[C@@H]1[C@H](OC)[C@@H](CN)O[C@H]1n1ccc(=O)n(CC(=O)OC(CCCCCC)CCCCCCCC)c1=O. The van der Waals surface area contributed by atoms with Crippen molar-refractivity contribution in [1.29, 1.82) is 0 Å². The maximum Gasteiger partial charge on any atom is 0.333 e. The Labute approximate surface area is 337 Å². The van der Waals surface area contributed by atoms with Gasteiger partial charge in [-0.15, -0.1) is 0 Å². The molecule has 2 heterocycles. The molecule has 1 aliphatic heterocycles. The molecule has 1 saturated heterocycles. The smallest absolute Gasteiger partial charge is 0.333 e. The van der Waals surface area contributed by atoms with E-state index in [0.717, 1.165) is 114 Å². The highest BCUT2D eigenvalue weighted by Gasteiger charge is 2.47. The van der Waals surface area contributed by atoms with E-state index in [2.05, 4.69) is 27.7 Å². The van der Waals surface area contributed by atoms with Crippen molar-refractivity contribution >= 4 is 11.9 Å². The first-order valence-corrected chi connectivity index (χ1v) is 22.4. The molecule has 2 rings (SSSR count). The van der Waals surface area contributed by atoms with Crippen LogP contribution in [0.25, 0.3) is 0 Å². The van der Waals surface area contributed by atoms with Gasteiger partial charge >= 0.3 is 17.6 Å². The zero-order valence-corrected chi connectivity index (χ0v) is 35.9. The van der Waals surface area contributed by atoms with Crippen LogP contribution in [0.4, 0.5) is 0 Å². The summed E-state index contributed by atoms with van der Waals surface area (Å²) in [5.74, 6) is -1.12. The van der Waals surface area contributed by atoms with Gasteiger partial charge < -0.3 is 29.4 Å². The maximum absolute atomic E-state index is 13.9. The van der Waals surface area contributed by atoms with Crippen LogP contribution in [0.2, 0.25) is 0 Å². The number of esters is 2. The average molecular weight is 794 g/mol. The van der Waals surface area contributed by atoms with E-state index < -0.39 is 54.3 Å². The minimum absolute atomic E-state index is 0.0658. The summed E-state index contributed by atoms with van der Waals surface area (Å²) in [5, 5.41) is 0. The lowest BCUT2D eigenvalue weighted by atomic mass is 10.0. The second-order valence-corrected chi connectivity index (χ2v) is 15.7. The molecule has 1 aromatic heterocycles. The van der Waals surface area contributed by atoms with Crippen molar-refractivity contribution < 1.29 is 33.3 Å². The number of methoxy groups -OCH3 is 1. The molecule has 324 valence electrons. The summed E-state index contributed by atoms with van der Waals surface area (Å²) in [4.78, 5) is 53.5. The van der Waals surface area contributed by atoms with Gasteiger partial charge in [-0.3, -0.25) is 14.2 Å². The molecule has 0 aromatic carbocycles. The van der Waals surface area contributed by atoms with Gasteiger partial charge in [-0.1, -0.05) is 130 Å². The molecule has 1 aliphatic rings. The van der Waals surface area contributed by atoms with Crippen LogP contribution < -0.4 is 17.0 Å². The monoisotopic (exact) mass is 794 g/mol. The summed E-state index contributed by atoms with van der Waals surface area (Å²) < 4.78 is 32.0. The lowest BCUT2D eigenvalue weighted by Gasteiger charge is -2.25.